The van der Waals surface area contributed by atoms with Gasteiger partial charge in [-0.2, -0.15) is 11.8 Å². The molecule has 0 aromatic heterocycles. The molecule has 1 aromatic rings. The predicted octanol–water partition coefficient (Wildman–Crippen LogP) is 2.88. The lowest BCUT2D eigenvalue weighted by Gasteiger charge is -2.29. The highest BCUT2D eigenvalue weighted by Crippen LogP contribution is 2.41. The molecular formula is C13H18OS. The van der Waals surface area contributed by atoms with E-state index in [-0.39, 0.29) is 10.9 Å². The van der Waals surface area contributed by atoms with E-state index in [2.05, 4.69) is 19.1 Å². The smallest absolute Gasteiger partial charge is 0.0724 e. The first-order chi connectivity index (χ1) is 7.21. The van der Waals surface area contributed by atoms with Crippen LogP contribution in [0.4, 0.5) is 0 Å². The van der Waals surface area contributed by atoms with Crippen LogP contribution in [0.25, 0.3) is 0 Å². The highest BCUT2D eigenvalue weighted by molar-refractivity contribution is 8.00. The maximum absolute atomic E-state index is 10.2. The molecule has 2 atom stereocenters. The van der Waals surface area contributed by atoms with Crippen LogP contribution in [-0.4, -0.2) is 21.7 Å². The van der Waals surface area contributed by atoms with Crippen molar-refractivity contribution in [1.82, 2.24) is 0 Å². The molecular weight excluding hydrogens is 204 g/mol. The summed E-state index contributed by atoms with van der Waals surface area (Å²) in [5.41, 5.74) is 1.23. The largest absolute Gasteiger partial charge is 0.391 e. The zero-order chi connectivity index (χ0) is 10.7. The van der Waals surface area contributed by atoms with Crippen molar-refractivity contribution in [3.05, 3.63) is 35.9 Å². The third-order valence-electron chi connectivity index (χ3n) is 3.23. The number of aliphatic hydroxyl groups excluding tert-OH is 1. The van der Waals surface area contributed by atoms with Crippen LogP contribution in [0.3, 0.4) is 0 Å². The minimum absolute atomic E-state index is 0.0792. The summed E-state index contributed by atoms with van der Waals surface area (Å²) in [6, 6.07) is 10.3. The van der Waals surface area contributed by atoms with Crippen molar-refractivity contribution in [2.45, 2.75) is 37.0 Å². The van der Waals surface area contributed by atoms with Crippen molar-refractivity contribution in [2.75, 3.05) is 5.75 Å². The minimum atomic E-state index is -0.215. The summed E-state index contributed by atoms with van der Waals surface area (Å²) in [6.07, 6.45) is 2.95. The molecule has 15 heavy (non-hydrogen) atoms. The second-order valence-corrected chi connectivity index (χ2v) is 6.10. The van der Waals surface area contributed by atoms with Gasteiger partial charge in [0.2, 0.25) is 0 Å². The van der Waals surface area contributed by atoms with Gasteiger partial charge in [0.1, 0.15) is 0 Å². The van der Waals surface area contributed by atoms with Crippen LogP contribution in [0.1, 0.15) is 25.3 Å². The molecule has 0 amide bonds. The number of rotatable bonds is 3. The first kappa shape index (κ1) is 11.0. The number of hydrogen-bond acceptors (Lipinski definition) is 2. The van der Waals surface area contributed by atoms with E-state index in [1.54, 1.807) is 0 Å². The Hall–Kier alpha value is -0.470. The van der Waals surface area contributed by atoms with Crippen LogP contribution >= 0.6 is 11.8 Å². The Kier molecular flexibility index (Phi) is 3.37. The molecule has 1 aromatic carbocycles. The topological polar surface area (TPSA) is 20.2 Å². The van der Waals surface area contributed by atoms with Crippen molar-refractivity contribution in [1.29, 1.82) is 0 Å². The summed E-state index contributed by atoms with van der Waals surface area (Å²) in [5.74, 6) is 1.20. The Morgan fingerprint density at radius 1 is 1.40 bits per heavy atom. The van der Waals surface area contributed by atoms with Crippen LogP contribution in [-0.2, 0) is 6.42 Å². The maximum atomic E-state index is 10.2. The normalized spacial score (nSPS) is 27.9. The van der Waals surface area contributed by atoms with Gasteiger partial charge in [0.05, 0.1) is 6.10 Å². The van der Waals surface area contributed by atoms with Crippen LogP contribution in [0.5, 0.6) is 0 Å². The molecule has 2 rings (SSSR count). The molecule has 2 unspecified atom stereocenters. The molecule has 1 heterocycles. The average molecular weight is 222 g/mol. The quantitative estimate of drug-likeness (QED) is 0.848. The van der Waals surface area contributed by atoms with Gasteiger partial charge in [0.25, 0.3) is 0 Å². The highest BCUT2D eigenvalue weighted by Gasteiger charge is 2.36. The second kappa shape index (κ2) is 4.58. The van der Waals surface area contributed by atoms with Crippen LogP contribution in [0.2, 0.25) is 0 Å². The zero-order valence-corrected chi connectivity index (χ0v) is 9.96. The van der Waals surface area contributed by atoms with Gasteiger partial charge in [-0.3, -0.25) is 0 Å². The standard InChI is InChI=1S/C13H18OS/c1-13(8-5-9-15-13)12(14)10-11-6-3-2-4-7-11/h2-4,6-7,12,14H,5,8-10H2,1H3. The first-order valence-electron chi connectivity index (χ1n) is 5.57. The van der Waals surface area contributed by atoms with Gasteiger partial charge in [0.15, 0.2) is 0 Å². The van der Waals surface area contributed by atoms with Gasteiger partial charge < -0.3 is 5.11 Å². The Bertz CT molecular complexity index is 304. The van der Waals surface area contributed by atoms with Crippen molar-refractivity contribution < 1.29 is 5.11 Å². The van der Waals surface area contributed by atoms with E-state index in [0.717, 1.165) is 12.8 Å². The molecule has 0 aliphatic carbocycles. The van der Waals surface area contributed by atoms with Gasteiger partial charge in [-0.15, -0.1) is 0 Å². The van der Waals surface area contributed by atoms with E-state index in [4.69, 9.17) is 0 Å². The van der Waals surface area contributed by atoms with Crippen molar-refractivity contribution in [3.8, 4) is 0 Å². The van der Waals surface area contributed by atoms with Crippen LogP contribution < -0.4 is 0 Å². The molecule has 0 radical (unpaired) electrons. The Morgan fingerprint density at radius 3 is 2.73 bits per heavy atom. The van der Waals surface area contributed by atoms with Gasteiger partial charge >= 0.3 is 0 Å². The van der Waals surface area contributed by atoms with Gasteiger partial charge in [-0.25, -0.2) is 0 Å². The van der Waals surface area contributed by atoms with Crippen molar-refractivity contribution >= 4 is 11.8 Å². The maximum Gasteiger partial charge on any atom is 0.0724 e. The lowest BCUT2D eigenvalue weighted by molar-refractivity contribution is 0.133. The minimum Gasteiger partial charge on any atom is -0.391 e. The number of thioether (sulfide) groups is 1. The van der Waals surface area contributed by atoms with E-state index >= 15 is 0 Å². The Balaban J connectivity index is 2.00. The predicted molar refractivity (Wildman–Crippen MR) is 66.2 cm³/mol. The lowest BCUT2D eigenvalue weighted by atomic mass is 9.93. The SMILES string of the molecule is CC1(C(O)Cc2ccccc2)CCCS1. The fraction of sp³-hybridized carbons (Fsp3) is 0.538. The first-order valence-corrected chi connectivity index (χ1v) is 6.55. The van der Waals surface area contributed by atoms with E-state index in [9.17, 15) is 5.11 Å². The van der Waals surface area contributed by atoms with Crippen LogP contribution in [0.15, 0.2) is 30.3 Å². The molecule has 0 spiro atoms. The summed E-state index contributed by atoms with van der Waals surface area (Å²) in [5, 5.41) is 10.2. The molecule has 0 bridgehead atoms. The van der Waals surface area contributed by atoms with Crippen molar-refractivity contribution in [2.24, 2.45) is 0 Å². The second-order valence-electron chi connectivity index (χ2n) is 4.47. The molecule has 1 saturated heterocycles. The highest BCUT2D eigenvalue weighted by atomic mass is 32.2. The Morgan fingerprint density at radius 2 is 2.13 bits per heavy atom. The fourth-order valence-electron chi connectivity index (χ4n) is 2.12. The van der Waals surface area contributed by atoms with E-state index in [1.807, 2.05) is 30.0 Å². The van der Waals surface area contributed by atoms with E-state index in [1.165, 1.54) is 17.7 Å². The monoisotopic (exact) mass is 222 g/mol. The van der Waals surface area contributed by atoms with Crippen molar-refractivity contribution in [3.63, 3.8) is 0 Å². The molecule has 1 fully saturated rings. The molecule has 0 saturated carbocycles. The summed E-state index contributed by atoms with van der Waals surface area (Å²) < 4.78 is 0.0792. The third-order valence-corrected chi connectivity index (χ3v) is 4.85. The Labute approximate surface area is 95.9 Å². The van der Waals surface area contributed by atoms with Gasteiger partial charge in [-0.05, 0) is 37.5 Å². The van der Waals surface area contributed by atoms with Gasteiger partial charge in [0, 0.05) is 4.75 Å². The number of aliphatic hydroxyl groups is 1. The molecule has 82 valence electrons. The molecule has 1 N–H and O–H groups in total. The summed E-state index contributed by atoms with van der Waals surface area (Å²) in [4.78, 5) is 0. The third kappa shape index (κ3) is 2.56. The van der Waals surface area contributed by atoms with E-state index in [0.29, 0.717) is 0 Å². The molecule has 1 nitrogen and oxygen atoms in total. The lowest BCUT2D eigenvalue weighted by Crippen LogP contribution is -2.35. The zero-order valence-electron chi connectivity index (χ0n) is 9.15. The molecule has 1 aliphatic rings. The van der Waals surface area contributed by atoms with E-state index < -0.39 is 0 Å². The molecule has 1 aliphatic heterocycles. The summed E-state index contributed by atoms with van der Waals surface area (Å²) >= 11 is 1.92. The van der Waals surface area contributed by atoms with Gasteiger partial charge in [-0.1, -0.05) is 30.3 Å². The average Bonchev–Trinajstić information content (AvgIpc) is 2.68. The number of hydrogen-bond donors (Lipinski definition) is 1. The van der Waals surface area contributed by atoms with Crippen LogP contribution in [0, 0.1) is 0 Å². The molecule has 2 heteroatoms. The number of benzene rings is 1. The fourth-order valence-corrected chi connectivity index (χ4v) is 3.44. The summed E-state index contributed by atoms with van der Waals surface area (Å²) in [7, 11) is 0. The summed E-state index contributed by atoms with van der Waals surface area (Å²) in [6.45, 7) is 2.19.